The molecule has 1 unspecified atom stereocenters. The minimum absolute atomic E-state index is 0.157. The zero-order valence-electron chi connectivity index (χ0n) is 11.1. The van der Waals surface area contributed by atoms with E-state index in [1.165, 1.54) is 24.1 Å². The van der Waals surface area contributed by atoms with Gasteiger partial charge >= 0.3 is 0 Å². The predicted molar refractivity (Wildman–Crippen MR) is 72.9 cm³/mol. The lowest BCUT2D eigenvalue weighted by molar-refractivity contribution is 0.0727. The summed E-state index contributed by atoms with van der Waals surface area (Å²) in [6, 6.07) is 6.39. The lowest BCUT2D eigenvalue weighted by Crippen LogP contribution is -2.36. The molecule has 0 saturated heterocycles. The highest BCUT2D eigenvalue weighted by Crippen LogP contribution is 2.35. The molecular weight excluding hydrogens is 224 g/mol. The molecule has 1 atom stereocenters. The summed E-state index contributed by atoms with van der Waals surface area (Å²) in [5.41, 5.74) is 3.28. The first-order valence-electron chi connectivity index (χ1n) is 6.81. The van der Waals surface area contributed by atoms with Gasteiger partial charge in [0.1, 0.15) is 0 Å². The van der Waals surface area contributed by atoms with Crippen LogP contribution >= 0.6 is 0 Å². The summed E-state index contributed by atoms with van der Waals surface area (Å²) < 4.78 is 0. The minimum Gasteiger partial charge on any atom is -0.384 e. The van der Waals surface area contributed by atoms with Crippen molar-refractivity contribution >= 4 is 11.6 Å². The van der Waals surface area contributed by atoms with Crippen molar-refractivity contribution in [3.05, 3.63) is 29.3 Å². The Hall–Kier alpha value is -1.51. The van der Waals surface area contributed by atoms with Crippen LogP contribution in [0.2, 0.25) is 0 Å². The van der Waals surface area contributed by atoms with Crippen LogP contribution < -0.4 is 5.32 Å². The third-order valence-electron chi connectivity index (χ3n) is 4.30. The van der Waals surface area contributed by atoms with Gasteiger partial charge in [-0.15, -0.1) is 0 Å². The average Bonchev–Trinajstić information content (AvgIpc) is 3.13. The molecule has 1 aliphatic heterocycles. The Kier molecular flexibility index (Phi) is 2.77. The average molecular weight is 244 g/mol. The number of carbonyl (C=O) groups excluding carboxylic acids is 1. The van der Waals surface area contributed by atoms with Crippen LogP contribution in [0.4, 0.5) is 5.69 Å². The van der Waals surface area contributed by atoms with Crippen molar-refractivity contribution in [2.75, 3.05) is 18.9 Å². The molecule has 1 amide bonds. The van der Waals surface area contributed by atoms with E-state index < -0.39 is 0 Å². The van der Waals surface area contributed by atoms with Gasteiger partial charge in [-0.05, 0) is 55.9 Å². The topological polar surface area (TPSA) is 32.3 Å². The quantitative estimate of drug-likeness (QED) is 0.886. The van der Waals surface area contributed by atoms with Crippen LogP contribution in [0.5, 0.6) is 0 Å². The van der Waals surface area contributed by atoms with E-state index in [2.05, 4.69) is 12.2 Å². The molecule has 1 N–H and O–H groups in total. The van der Waals surface area contributed by atoms with Gasteiger partial charge in [0.15, 0.2) is 0 Å². The summed E-state index contributed by atoms with van der Waals surface area (Å²) in [5.74, 6) is 0.874. The Morgan fingerprint density at radius 1 is 1.44 bits per heavy atom. The maximum Gasteiger partial charge on any atom is 0.253 e. The number of nitrogens with one attached hydrogen (secondary N) is 1. The minimum atomic E-state index is 0.157. The predicted octanol–water partition coefficient (Wildman–Crippen LogP) is 2.53. The van der Waals surface area contributed by atoms with E-state index >= 15 is 0 Å². The van der Waals surface area contributed by atoms with E-state index in [0.29, 0.717) is 6.04 Å². The Morgan fingerprint density at radius 3 is 2.94 bits per heavy atom. The summed E-state index contributed by atoms with van der Waals surface area (Å²) >= 11 is 0. The van der Waals surface area contributed by atoms with Crippen molar-refractivity contribution in [3.63, 3.8) is 0 Å². The van der Waals surface area contributed by atoms with Gasteiger partial charge in [-0.1, -0.05) is 0 Å². The van der Waals surface area contributed by atoms with Gasteiger partial charge in [0, 0.05) is 30.9 Å². The molecule has 0 spiro atoms. The molecule has 3 nitrogen and oxygen atoms in total. The zero-order chi connectivity index (χ0) is 12.7. The fourth-order valence-corrected chi connectivity index (χ4v) is 2.72. The van der Waals surface area contributed by atoms with Crippen LogP contribution in [-0.4, -0.2) is 30.4 Å². The van der Waals surface area contributed by atoms with Gasteiger partial charge in [0.05, 0.1) is 0 Å². The third kappa shape index (κ3) is 1.98. The second-order valence-electron chi connectivity index (χ2n) is 5.54. The number of anilines is 1. The van der Waals surface area contributed by atoms with Gasteiger partial charge in [0.2, 0.25) is 0 Å². The molecule has 0 aromatic heterocycles. The maximum absolute atomic E-state index is 12.4. The van der Waals surface area contributed by atoms with Gasteiger partial charge in [-0.25, -0.2) is 0 Å². The molecule has 18 heavy (non-hydrogen) atoms. The molecule has 2 aliphatic rings. The summed E-state index contributed by atoms with van der Waals surface area (Å²) in [5, 5.41) is 3.32. The molecule has 3 heteroatoms. The van der Waals surface area contributed by atoms with Gasteiger partial charge < -0.3 is 10.2 Å². The first-order valence-corrected chi connectivity index (χ1v) is 6.81. The van der Waals surface area contributed by atoms with E-state index in [1.54, 1.807) is 0 Å². The van der Waals surface area contributed by atoms with E-state index in [1.807, 2.05) is 30.1 Å². The van der Waals surface area contributed by atoms with Gasteiger partial charge in [-0.2, -0.15) is 0 Å². The Balaban J connectivity index is 1.79. The van der Waals surface area contributed by atoms with Crippen LogP contribution in [0.25, 0.3) is 0 Å². The summed E-state index contributed by atoms with van der Waals surface area (Å²) in [6.07, 6.45) is 3.57. The highest BCUT2D eigenvalue weighted by molar-refractivity contribution is 5.95. The van der Waals surface area contributed by atoms with Crippen molar-refractivity contribution in [1.29, 1.82) is 0 Å². The molecule has 1 aliphatic carbocycles. The smallest absolute Gasteiger partial charge is 0.253 e. The molecule has 96 valence electrons. The number of amides is 1. The number of hydrogen-bond donors (Lipinski definition) is 1. The summed E-state index contributed by atoms with van der Waals surface area (Å²) in [6.45, 7) is 3.14. The first kappa shape index (κ1) is 11.6. The monoisotopic (exact) mass is 244 g/mol. The molecule has 1 aromatic carbocycles. The Labute approximate surface area is 108 Å². The molecule has 1 fully saturated rings. The number of hydrogen-bond acceptors (Lipinski definition) is 2. The maximum atomic E-state index is 12.4. The molecular formula is C15H20N2O. The second-order valence-corrected chi connectivity index (χ2v) is 5.54. The number of benzene rings is 1. The van der Waals surface area contributed by atoms with E-state index in [9.17, 15) is 4.79 Å². The number of rotatable bonds is 3. The highest BCUT2D eigenvalue weighted by atomic mass is 16.2. The lowest BCUT2D eigenvalue weighted by Gasteiger charge is -2.25. The second kappa shape index (κ2) is 4.30. The van der Waals surface area contributed by atoms with Gasteiger partial charge in [0.25, 0.3) is 5.91 Å². The van der Waals surface area contributed by atoms with Crippen molar-refractivity contribution in [3.8, 4) is 0 Å². The molecule has 1 aromatic rings. The molecule has 0 bridgehead atoms. The van der Waals surface area contributed by atoms with Crippen LogP contribution in [0.15, 0.2) is 18.2 Å². The van der Waals surface area contributed by atoms with Crippen molar-refractivity contribution in [2.24, 2.45) is 5.92 Å². The van der Waals surface area contributed by atoms with E-state index in [4.69, 9.17) is 0 Å². The fourth-order valence-electron chi connectivity index (χ4n) is 2.72. The van der Waals surface area contributed by atoms with Gasteiger partial charge in [-0.3, -0.25) is 4.79 Å². The Bertz CT molecular complexity index is 479. The number of fused-ring (bicyclic) bond motifs is 1. The molecule has 1 heterocycles. The fraction of sp³-hybridized carbons (Fsp3) is 0.533. The Morgan fingerprint density at radius 2 is 2.22 bits per heavy atom. The summed E-state index contributed by atoms with van der Waals surface area (Å²) in [4.78, 5) is 14.3. The highest BCUT2D eigenvalue weighted by Gasteiger charge is 2.32. The largest absolute Gasteiger partial charge is 0.384 e. The standard InChI is InChI=1S/C15H20N2O/c1-10(11-3-4-11)17(2)15(18)13-5-6-14-12(9-13)7-8-16-14/h5-6,9-11,16H,3-4,7-8H2,1-2H3. The van der Waals surface area contributed by atoms with Crippen LogP contribution in [0.1, 0.15) is 35.7 Å². The van der Waals surface area contributed by atoms with Crippen molar-refractivity contribution in [2.45, 2.75) is 32.2 Å². The molecule has 0 radical (unpaired) electrons. The molecule has 1 saturated carbocycles. The number of nitrogens with zero attached hydrogens (tertiary/aromatic N) is 1. The van der Waals surface area contributed by atoms with E-state index in [0.717, 1.165) is 24.4 Å². The number of carbonyl (C=O) groups is 1. The van der Waals surface area contributed by atoms with Crippen molar-refractivity contribution in [1.82, 2.24) is 4.90 Å². The zero-order valence-corrected chi connectivity index (χ0v) is 11.1. The first-order chi connectivity index (χ1) is 8.66. The van der Waals surface area contributed by atoms with Crippen LogP contribution in [0, 0.1) is 5.92 Å². The van der Waals surface area contributed by atoms with Crippen LogP contribution in [0.3, 0.4) is 0 Å². The normalized spacial score (nSPS) is 19.0. The molecule has 3 rings (SSSR count). The van der Waals surface area contributed by atoms with Crippen LogP contribution in [-0.2, 0) is 6.42 Å². The lowest BCUT2D eigenvalue weighted by atomic mass is 10.1. The third-order valence-corrected chi connectivity index (χ3v) is 4.30. The van der Waals surface area contributed by atoms with Crippen molar-refractivity contribution < 1.29 is 4.79 Å². The summed E-state index contributed by atoms with van der Waals surface area (Å²) in [7, 11) is 1.93. The van der Waals surface area contributed by atoms with E-state index in [-0.39, 0.29) is 5.91 Å². The SMILES string of the molecule is CC(C1CC1)N(C)C(=O)c1ccc2c(c1)CCN2.